The van der Waals surface area contributed by atoms with Gasteiger partial charge in [0, 0.05) is 9.90 Å². The van der Waals surface area contributed by atoms with Crippen LogP contribution < -0.4 is 5.32 Å². The van der Waals surface area contributed by atoms with Crippen molar-refractivity contribution in [3.63, 3.8) is 0 Å². The van der Waals surface area contributed by atoms with Gasteiger partial charge in [-0.15, -0.1) is 11.3 Å². The normalized spacial score (nSPS) is 13.3. The van der Waals surface area contributed by atoms with Crippen molar-refractivity contribution in [3.8, 4) is 5.75 Å². The summed E-state index contributed by atoms with van der Waals surface area (Å²) in [7, 11) is 0. The molecule has 5 heteroatoms. The Morgan fingerprint density at radius 2 is 2.16 bits per heavy atom. The Hall–Kier alpha value is -1.52. The van der Waals surface area contributed by atoms with E-state index in [1.807, 2.05) is 6.07 Å². The van der Waals surface area contributed by atoms with Gasteiger partial charge in [-0.2, -0.15) is 0 Å². The van der Waals surface area contributed by atoms with Crippen LogP contribution in [-0.4, -0.2) is 11.0 Å². The number of amides is 1. The molecule has 1 aliphatic rings. The first-order valence-electron chi connectivity index (χ1n) is 6.05. The van der Waals surface area contributed by atoms with Crippen LogP contribution in [0.4, 0.5) is 5.69 Å². The van der Waals surface area contributed by atoms with Crippen LogP contribution in [0.25, 0.3) is 0 Å². The van der Waals surface area contributed by atoms with Crippen LogP contribution in [0, 0.1) is 0 Å². The number of halogens is 1. The molecule has 0 atom stereocenters. The minimum absolute atomic E-state index is 0.0156. The Bertz CT molecular complexity index is 629. The summed E-state index contributed by atoms with van der Waals surface area (Å²) in [4.78, 5) is 14.1. The molecule has 1 aromatic heterocycles. The number of carbonyl (C=O) groups is 1. The Balaban J connectivity index is 1.82. The van der Waals surface area contributed by atoms with E-state index in [2.05, 4.69) is 5.32 Å². The summed E-state index contributed by atoms with van der Waals surface area (Å²) >= 11 is 7.38. The second kappa shape index (κ2) is 4.87. The molecule has 0 saturated carbocycles. The molecule has 1 aliphatic carbocycles. The summed E-state index contributed by atoms with van der Waals surface area (Å²) in [5.41, 5.74) is 1.62. The Morgan fingerprint density at radius 3 is 2.95 bits per heavy atom. The SMILES string of the molecule is O=C(Nc1cc(Cl)ccc1O)c1cc2c(s1)CCC2. The van der Waals surface area contributed by atoms with Crippen molar-refractivity contribution in [3.05, 3.63) is 44.6 Å². The van der Waals surface area contributed by atoms with Crippen LogP contribution in [0.5, 0.6) is 5.75 Å². The third-order valence-corrected chi connectivity index (χ3v) is 4.65. The number of fused-ring (bicyclic) bond motifs is 1. The third kappa shape index (κ3) is 2.46. The molecule has 1 heterocycles. The molecule has 1 aromatic carbocycles. The summed E-state index contributed by atoms with van der Waals surface area (Å²) in [6.45, 7) is 0. The van der Waals surface area contributed by atoms with Gasteiger partial charge in [-0.3, -0.25) is 4.79 Å². The van der Waals surface area contributed by atoms with Gasteiger partial charge in [0.15, 0.2) is 0 Å². The zero-order valence-electron chi connectivity index (χ0n) is 10.1. The van der Waals surface area contributed by atoms with Gasteiger partial charge in [0.05, 0.1) is 10.6 Å². The predicted octanol–water partition coefficient (Wildman–Crippen LogP) is 3.85. The van der Waals surface area contributed by atoms with E-state index >= 15 is 0 Å². The van der Waals surface area contributed by atoms with E-state index in [0.717, 1.165) is 12.8 Å². The van der Waals surface area contributed by atoms with Crippen molar-refractivity contribution in [2.24, 2.45) is 0 Å². The van der Waals surface area contributed by atoms with Crippen molar-refractivity contribution >= 4 is 34.5 Å². The van der Waals surface area contributed by atoms with E-state index in [-0.39, 0.29) is 11.7 Å². The lowest BCUT2D eigenvalue weighted by Crippen LogP contribution is -2.10. The van der Waals surface area contributed by atoms with E-state index in [9.17, 15) is 9.90 Å². The van der Waals surface area contributed by atoms with Gasteiger partial charge in [0.1, 0.15) is 5.75 Å². The van der Waals surface area contributed by atoms with Crippen molar-refractivity contribution < 1.29 is 9.90 Å². The summed E-state index contributed by atoms with van der Waals surface area (Å²) < 4.78 is 0. The summed E-state index contributed by atoms with van der Waals surface area (Å²) in [6, 6.07) is 6.53. The van der Waals surface area contributed by atoms with E-state index in [4.69, 9.17) is 11.6 Å². The van der Waals surface area contributed by atoms with E-state index < -0.39 is 0 Å². The largest absolute Gasteiger partial charge is 0.506 e. The molecule has 0 unspecified atom stereocenters. The molecule has 0 aliphatic heterocycles. The van der Waals surface area contributed by atoms with Crippen molar-refractivity contribution in [2.45, 2.75) is 19.3 Å². The topological polar surface area (TPSA) is 49.3 Å². The lowest BCUT2D eigenvalue weighted by Gasteiger charge is -2.06. The number of phenols is 1. The molecule has 0 saturated heterocycles. The van der Waals surface area contributed by atoms with Gasteiger partial charge in [-0.1, -0.05) is 11.6 Å². The summed E-state index contributed by atoms with van der Waals surface area (Å²) in [5.74, 6) is -0.182. The van der Waals surface area contributed by atoms with Gasteiger partial charge < -0.3 is 10.4 Å². The average molecular weight is 294 g/mol. The van der Waals surface area contributed by atoms with E-state index in [1.54, 1.807) is 6.07 Å². The summed E-state index contributed by atoms with van der Waals surface area (Å²) in [6.07, 6.45) is 3.30. The maximum Gasteiger partial charge on any atom is 0.265 e. The highest BCUT2D eigenvalue weighted by atomic mass is 35.5. The predicted molar refractivity (Wildman–Crippen MR) is 77.4 cm³/mol. The minimum atomic E-state index is -0.197. The van der Waals surface area contributed by atoms with Gasteiger partial charge in [-0.05, 0) is 49.1 Å². The molecular formula is C14H12ClNO2S. The molecule has 3 nitrogen and oxygen atoms in total. The fourth-order valence-electron chi connectivity index (χ4n) is 2.23. The quantitative estimate of drug-likeness (QED) is 0.826. The van der Waals surface area contributed by atoms with Crippen LogP contribution in [0.1, 0.15) is 26.5 Å². The molecule has 3 rings (SSSR count). The molecule has 0 spiro atoms. The Kier molecular flexibility index (Phi) is 3.21. The van der Waals surface area contributed by atoms with Gasteiger partial charge >= 0.3 is 0 Å². The molecular weight excluding hydrogens is 282 g/mol. The van der Waals surface area contributed by atoms with Crippen molar-refractivity contribution in [1.82, 2.24) is 0 Å². The fraction of sp³-hybridized carbons (Fsp3) is 0.214. The minimum Gasteiger partial charge on any atom is -0.506 e. The van der Waals surface area contributed by atoms with Gasteiger partial charge in [0.2, 0.25) is 0 Å². The van der Waals surface area contributed by atoms with Crippen LogP contribution in [0.2, 0.25) is 5.02 Å². The third-order valence-electron chi connectivity index (χ3n) is 3.18. The first-order valence-corrected chi connectivity index (χ1v) is 7.24. The Labute approximate surface area is 119 Å². The van der Waals surface area contributed by atoms with Crippen molar-refractivity contribution in [2.75, 3.05) is 5.32 Å². The number of hydrogen-bond donors (Lipinski definition) is 2. The highest BCUT2D eigenvalue weighted by Crippen LogP contribution is 2.32. The molecule has 0 radical (unpaired) electrons. The van der Waals surface area contributed by atoms with Crippen molar-refractivity contribution in [1.29, 1.82) is 0 Å². The second-order valence-electron chi connectivity index (χ2n) is 4.53. The average Bonchev–Trinajstić information content (AvgIpc) is 2.94. The number of aryl methyl sites for hydroxylation is 2. The highest BCUT2D eigenvalue weighted by molar-refractivity contribution is 7.14. The monoisotopic (exact) mass is 293 g/mol. The Morgan fingerprint density at radius 1 is 1.32 bits per heavy atom. The lowest BCUT2D eigenvalue weighted by molar-refractivity contribution is 0.103. The first kappa shape index (κ1) is 12.5. The van der Waals surface area contributed by atoms with Crippen LogP contribution in [0.15, 0.2) is 24.3 Å². The highest BCUT2D eigenvalue weighted by Gasteiger charge is 2.19. The summed E-state index contributed by atoms with van der Waals surface area (Å²) in [5, 5.41) is 12.8. The van der Waals surface area contributed by atoms with Gasteiger partial charge in [0.25, 0.3) is 5.91 Å². The maximum absolute atomic E-state index is 12.1. The molecule has 2 N–H and O–H groups in total. The zero-order valence-corrected chi connectivity index (χ0v) is 11.6. The van der Waals surface area contributed by atoms with E-state index in [1.165, 1.54) is 40.3 Å². The molecule has 2 aromatic rings. The van der Waals surface area contributed by atoms with E-state index in [0.29, 0.717) is 15.6 Å². The molecule has 19 heavy (non-hydrogen) atoms. The molecule has 0 fully saturated rings. The number of benzene rings is 1. The number of nitrogens with one attached hydrogen (secondary N) is 1. The number of anilines is 1. The maximum atomic E-state index is 12.1. The smallest absolute Gasteiger partial charge is 0.265 e. The second-order valence-corrected chi connectivity index (χ2v) is 6.10. The number of thiophene rings is 1. The fourth-order valence-corrected chi connectivity index (χ4v) is 3.55. The van der Waals surface area contributed by atoms with Crippen LogP contribution >= 0.6 is 22.9 Å². The number of rotatable bonds is 2. The first-order chi connectivity index (χ1) is 9.13. The standard InChI is InChI=1S/C14H12ClNO2S/c15-9-4-5-11(17)10(7-9)16-14(18)13-6-8-2-1-3-12(8)19-13/h4-7,17H,1-3H2,(H,16,18). The van der Waals surface area contributed by atoms with Crippen LogP contribution in [0.3, 0.4) is 0 Å². The van der Waals surface area contributed by atoms with Gasteiger partial charge in [-0.25, -0.2) is 0 Å². The van der Waals surface area contributed by atoms with Crippen LogP contribution in [-0.2, 0) is 12.8 Å². The number of carbonyl (C=O) groups excluding carboxylic acids is 1. The molecule has 1 amide bonds. The number of hydrogen-bond acceptors (Lipinski definition) is 3. The molecule has 0 bridgehead atoms. The number of aromatic hydroxyl groups is 1. The number of phenolic OH excluding ortho intramolecular Hbond substituents is 1. The lowest BCUT2D eigenvalue weighted by atomic mass is 10.2. The zero-order chi connectivity index (χ0) is 13.4. The molecule has 98 valence electrons.